The molecule has 6 heteroatoms. The Hall–Kier alpha value is -0.0800. The molecule has 0 amide bonds. The molecule has 0 bridgehead atoms. The molecule has 1 aliphatic carbocycles. The van der Waals surface area contributed by atoms with Crippen LogP contribution in [0, 0.1) is 0 Å². The van der Waals surface area contributed by atoms with Gasteiger partial charge in [0, 0.05) is 19.6 Å². The Morgan fingerprint density at radius 1 is 1.20 bits per heavy atom. The SMILES string of the molecule is CCNC(=NCC1(O)CCCCC1)N1CCC(OC(C)(C)C)CC1.I. The molecule has 148 valence electrons. The summed E-state index contributed by atoms with van der Waals surface area (Å²) in [7, 11) is 0. The number of halogens is 1. The number of aliphatic imine (C=N–C) groups is 1. The molecule has 0 spiro atoms. The van der Waals surface area contributed by atoms with Gasteiger partial charge in [-0.1, -0.05) is 19.3 Å². The summed E-state index contributed by atoms with van der Waals surface area (Å²) in [6.07, 6.45) is 7.67. The van der Waals surface area contributed by atoms with E-state index in [0.717, 1.165) is 64.1 Å². The Morgan fingerprint density at radius 2 is 1.80 bits per heavy atom. The molecule has 1 saturated carbocycles. The molecule has 0 unspecified atom stereocenters. The van der Waals surface area contributed by atoms with Gasteiger partial charge in [0.15, 0.2) is 5.96 Å². The highest BCUT2D eigenvalue weighted by atomic mass is 127. The van der Waals surface area contributed by atoms with Crippen LogP contribution in [0.2, 0.25) is 0 Å². The monoisotopic (exact) mass is 467 g/mol. The van der Waals surface area contributed by atoms with Gasteiger partial charge in [-0.2, -0.15) is 0 Å². The van der Waals surface area contributed by atoms with Crippen LogP contribution in [-0.2, 0) is 4.74 Å². The third kappa shape index (κ3) is 7.99. The zero-order chi connectivity index (χ0) is 17.6. The van der Waals surface area contributed by atoms with Gasteiger partial charge in [0.2, 0.25) is 0 Å². The molecular formula is C19H38IN3O2. The average Bonchev–Trinajstić information content (AvgIpc) is 2.52. The lowest BCUT2D eigenvalue weighted by Crippen LogP contribution is -2.48. The largest absolute Gasteiger partial charge is 0.388 e. The zero-order valence-electron chi connectivity index (χ0n) is 16.5. The number of likely N-dealkylation sites (tertiary alicyclic amines) is 1. The molecule has 1 saturated heterocycles. The van der Waals surface area contributed by atoms with E-state index in [0.29, 0.717) is 12.6 Å². The van der Waals surface area contributed by atoms with Crippen LogP contribution in [0.25, 0.3) is 0 Å². The predicted molar refractivity (Wildman–Crippen MR) is 115 cm³/mol. The number of hydrogen-bond acceptors (Lipinski definition) is 3. The molecule has 5 nitrogen and oxygen atoms in total. The maximum atomic E-state index is 10.7. The van der Waals surface area contributed by atoms with Crippen molar-refractivity contribution in [2.24, 2.45) is 4.99 Å². The average molecular weight is 467 g/mol. The second-order valence-electron chi connectivity index (χ2n) is 8.37. The molecule has 25 heavy (non-hydrogen) atoms. The van der Waals surface area contributed by atoms with Crippen molar-refractivity contribution in [1.29, 1.82) is 0 Å². The van der Waals surface area contributed by atoms with Crippen molar-refractivity contribution in [1.82, 2.24) is 10.2 Å². The van der Waals surface area contributed by atoms with E-state index >= 15 is 0 Å². The number of nitrogens with one attached hydrogen (secondary N) is 1. The lowest BCUT2D eigenvalue weighted by molar-refractivity contribution is -0.0773. The van der Waals surface area contributed by atoms with E-state index in [-0.39, 0.29) is 29.6 Å². The van der Waals surface area contributed by atoms with Crippen molar-refractivity contribution in [3.05, 3.63) is 0 Å². The number of guanidine groups is 1. The summed E-state index contributed by atoms with van der Waals surface area (Å²) < 4.78 is 6.11. The first kappa shape index (κ1) is 23.0. The first-order chi connectivity index (χ1) is 11.3. The van der Waals surface area contributed by atoms with Gasteiger partial charge >= 0.3 is 0 Å². The first-order valence-corrected chi connectivity index (χ1v) is 9.75. The first-order valence-electron chi connectivity index (χ1n) is 9.75. The van der Waals surface area contributed by atoms with Crippen LogP contribution in [0.15, 0.2) is 4.99 Å². The van der Waals surface area contributed by atoms with E-state index in [1.54, 1.807) is 0 Å². The molecule has 0 radical (unpaired) electrons. The van der Waals surface area contributed by atoms with Crippen LogP contribution in [0.1, 0.15) is 72.6 Å². The summed E-state index contributed by atoms with van der Waals surface area (Å²) in [5.74, 6) is 0.950. The van der Waals surface area contributed by atoms with Gasteiger partial charge in [-0.15, -0.1) is 24.0 Å². The van der Waals surface area contributed by atoms with Gasteiger partial charge in [-0.05, 0) is 53.4 Å². The second-order valence-corrected chi connectivity index (χ2v) is 8.37. The lowest BCUT2D eigenvalue weighted by atomic mass is 9.85. The van der Waals surface area contributed by atoms with Gasteiger partial charge in [-0.3, -0.25) is 4.99 Å². The van der Waals surface area contributed by atoms with Gasteiger partial charge in [-0.25, -0.2) is 0 Å². The Balaban J connectivity index is 0.00000312. The number of rotatable bonds is 4. The smallest absolute Gasteiger partial charge is 0.194 e. The minimum absolute atomic E-state index is 0. The van der Waals surface area contributed by atoms with E-state index in [4.69, 9.17) is 9.73 Å². The van der Waals surface area contributed by atoms with Crippen LogP contribution < -0.4 is 5.32 Å². The minimum atomic E-state index is -0.591. The molecule has 0 aromatic carbocycles. The summed E-state index contributed by atoms with van der Waals surface area (Å²) in [6, 6.07) is 0. The van der Waals surface area contributed by atoms with Gasteiger partial charge < -0.3 is 20.1 Å². The highest BCUT2D eigenvalue weighted by molar-refractivity contribution is 14.0. The van der Waals surface area contributed by atoms with Crippen molar-refractivity contribution in [2.45, 2.75) is 89.9 Å². The van der Waals surface area contributed by atoms with Crippen molar-refractivity contribution < 1.29 is 9.84 Å². The van der Waals surface area contributed by atoms with Crippen molar-refractivity contribution in [3.8, 4) is 0 Å². The standard InChI is InChI=1S/C19H37N3O2.HI/c1-5-20-17(21-15-19(23)11-7-6-8-12-19)22-13-9-16(10-14-22)24-18(2,3)4;/h16,23H,5-15H2,1-4H3,(H,20,21);1H. The number of piperidine rings is 1. The normalized spacial score (nSPS) is 22.4. The quantitative estimate of drug-likeness (QED) is 0.377. The van der Waals surface area contributed by atoms with Gasteiger partial charge in [0.1, 0.15) is 0 Å². The fourth-order valence-electron chi connectivity index (χ4n) is 3.70. The van der Waals surface area contributed by atoms with E-state index in [1.807, 2.05) is 0 Å². The van der Waals surface area contributed by atoms with Crippen molar-refractivity contribution >= 4 is 29.9 Å². The number of ether oxygens (including phenoxy) is 1. The Kier molecular flexibility index (Phi) is 9.46. The fourth-order valence-corrected chi connectivity index (χ4v) is 3.70. The third-order valence-electron chi connectivity index (χ3n) is 4.90. The van der Waals surface area contributed by atoms with Crippen LogP contribution in [0.3, 0.4) is 0 Å². The summed E-state index contributed by atoms with van der Waals surface area (Å²) >= 11 is 0. The van der Waals surface area contributed by atoms with E-state index < -0.39 is 5.60 Å². The topological polar surface area (TPSA) is 57.1 Å². The summed E-state index contributed by atoms with van der Waals surface area (Å²) in [6.45, 7) is 11.8. The molecule has 2 rings (SSSR count). The van der Waals surface area contributed by atoms with Crippen LogP contribution >= 0.6 is 24.0 Å². The number of hydrogen-bond donors (Lipinski definition) is 2. The third-order valence-corrected chi connectivity index (χ3v) is 4.90. The fraction of sp³-hybridized carbons (Fsp3) is 0.947. The molecule has 2 N–H and O–H groups in total. The Morgan fingerprint density at radius 3 is 2.32 bits per heavy atom. The molecular weight excluding hydrogens is 429 g/mol. The molecule has 1 heterocycles. The van der Waals surface area contributed by atoms with Crippen LogP contribution in [0.4, 0.5) is 0 Å². The van der Waals surface area contributed by atoms with Gasteiger partial charge in [0.05, 0.1) is 23.9 Å². The molecule has 0 aromatic heterocycles. The molecule has 1 aliphatic heterocycles. The predicted octanol–water partition coefficient (Wildman–Crippen LogP) is 3.54. The lowest BCUT2D eigenvalue weighted by Gasteiger charge is -2.37. The minimum Gasteiger partial charge on any atom is -0.388 e. The van der Waals surface area contributed by atoms with Crippen LogP contribution in [0.5, 0.6) is 0 Å². The van der Waals surface area contributed by atoms with Crippen LogP contribution in [-0.4, -0.2) is 59.5 Å². The summed E-state index contributed by atoms with van der Waals surface area (Å²) in [5.41, 5.74) is -0.664. The molecule has 0 aromatic rings. The molecule has 2 aliphatic rings. The second kappa shape index (κ2) is 10.3. The van der Waals surface area contributed by atoms with Crippen molar-refractivity contribution in [2.75, 3.05) is 26.2 Å². The Bertz CT molecular complexity index is 409. The maximum Gasteiger partial charge on any atom is 0.194 e. The Labute approximate surface area is 171 Å². The van der Waals surface area contributed by atoms with Gasteiger partial charge in [0.25, 0.3) is 0 Å². The molecule has 2 fully saturated rings. The summed E-state index contributed by atoms with van der Waals surface area (Å²) in [4.78, 5) is 7.09. The van der Waals surface area contributed by atoms with E-state index in [9.17, 15) is 5.11 Å². The van der Waals surface area contributed by atoms with E-state index in [2.05, 4.69) is 37.9 Å². The zero-order valence-corrected chi connectivity index (χ0v) is 18.8. The van der Waals surface area contributed by atoms with Crippen molar-refractivity contribution in [3.63, 3.8) is 0 Å². The van der Waals surface area contributed by atoms with E-state index in [1.165, 1.54) is 6.42 Å². The number of nitrogens with zero attached hydrogens (tertiary/aromatic N) is 2. The highest BCUT2D eigenvalue weighted by Crippen LogP contribution is 2.28. The highest BCUT2D eigenvalue weighted by Gasteiger charge is 2.30. The number of aliphatic hydroxyl groups is 1. The maximum absolute atomic E-state index is 10.7. The molecule has 0 atom stereocenters. The summed E-state index contributed by atoms with van der Waals surface area (Å²) in [5, 5.41) is 14.1.